The molecule has 82 valence electrons. The third-order valence-corrected chi connectivity index (χ3v) is 2.67. The predicted molar refractivity (Wildman–Crippen MR) is 63.3 cm³/mol. The van der Waals surface area contributed by atoms with Gasteiger partial charge in [-0.1, -0.05) is 26.0 Å². The first-order valence-corrected chi connectivity index (χ1v) is 6.17. The van der Waals surface area contributed by atoms with E-state index in [9.17, 15) is 4.79 Å². The van der Waals surface area contributed by atoms with Crippen LogP contribution in [-0.2, 0) is 4.74 Å². The fraction of sp³-hybridized carbons (Fsp3) is 0.417. The molecular formula is C12H16O2S. The van der Waals surface area contributed by atoms with Crippen LogP contribution >= 0.6 is 11.8 Å². The summed E-state index contributed by atoms with van der Waals surface area (Å²) in [5, 5.41) is 0. The molecule has 3 heteroatoms. The second-order valence-electron chi connectivity index (χ2n) is 3.69. The van der Waals surface area contributed by atoms with E-state index >= 15 is 0 Å². The van der Waals surface area contributed by atoms with Gasteiger partial charge in [0, 0.05) is 4.90 Å². The Bertz CT molecular complexity index is 334. The van der Waals surface area contributed by atoms with Crippen molar-refractivity contribution < 1.29 is 9.53 Å². The molecule has 0 aromatic heterocycles. The maximum Gasteiger partial charge on any atom is 0.339 e. The molecule has 0 atom stereocenters. The van der Waals surface area contributed by atoms with Gasteiger partial charge < -0.3 is 4.74 Å². The molecule has 0 heterocycles. The average Bonchev–Trinajstić information content (AvgIpc) is 2.25. The molecule has 0 radical (unpaired) electrons. The van der Waals surface area contributed by atoms with Crippen LogP contribution in [0.2, 0.25) is 0 Å². The molecule has 2 nitrogen and oxygen atoms in total. The van der Waals surface area contributed by atoms with Gasteiger partial charge in [0.25, 0.3) is 0 Å². The number of thioether (sulfide) groups is 1. The van der Waals surface area contributed by atoms with E-state index < -0.39 is 0 Å². The van der Waals surface area contributed by atoms with Crippen LogP contribution in [0.3, 0.4) is 0 Å². The molecule has 0 aliphatic heterocycles. The first-order chi connectivity index (χ1) is 7.15. The van der Waals surface area contributed by atoms with E-state index in [1.165, 1.54) is 0 Å². The zero-order chi connectivity index (χ0) is 11.3. The van der Waals surface area contributed by atoms with Gasteiger partial charge in [0.2, 0.25) is 0 Å². The van der Waals surface area contributed by atoms with E-state index in [0.717, 1.165) is 4.90 Å². The van der Waals surface area contributed by atoms with Gasteiger partial charge in [0.15, 0.2) is 0 Å². The Morgan fingerprint density at radius 2 is 2.07 bits per heavy atom. The molecule has 0 unspecified atom stereocenters. The second kappa shape index (κ2) is 5.81. The highest BCUT2D eigenvalue weighted by Crippen LogP contribution is 2.20. The summed E-state index contributed by atoms with van der Waals surface area (Å²) >= 11 is 1.56. The number of ether oxygens (including phenoxy) is 1. The molecule has 0 aliphatic carbocycles. The van der Waals surface area contributed by atoms with Crippen molar-refractivity contribution in [2.24, 2.45) is 5.92 Å². The quantitative estimate of drug-likeness (QED) is 0.580. The first-order valence-electron chi connectivity index (χ1n) is 4.95. The highest BCUT2D eigenvalue weighted by atomic mass is 32.2. The van der Waals surface area contributed by atoms with Crippen molar-refractivity contribution in [1.82, 2.24) is 0 Å². The monoisotopic (exact) mass is 224 g/mol. The third-order valence-electron chi connectivity index (χ3n) is 1.87. The van der Waals surface area contributed by atoms with E-state index in [1.807, 2.05) is 38.3 Å². The topological polar surface area (TPSA) is 26.3 Å². The van der Waals surface area contributed by atoms with Gasteiger partial charge in [-0.2, -0.15) is 0 Å². The van der Waals surface area contributed by atoms with Gasteiger partial charge in [-0.25, -0.2) is 4.79 Å². The second-order valence-corrected chi connectivity index (χ2v) is 4.54. The van der Waals surface area contributed by atoms with E-state index in [1.54, 1.807) is 17.8 Å². The van der Waals surface area contributed by atoms with E-state index in [4.69, 9.17) is 4.74 Å². The normalized spacial score (nSPS) is 10.4. The summed E-state index contributed by atoms with van der Waals surface area (Å²) in [5.74, 6) is 0.143. The van der Waals surface area contributed by atoms with Crippen LogP contribution < -0.4 is 0 Å². The molecule has 0 spiro atoms. The summed E-state index contributed by atoms with van der Waals surface area (Å²) in [7, 11) is 0. The molecule has 1 rings (SSSR count). The number of rotatable bonds is 4. The Labute approximate surface area is 95.0 Å². The number of benzene rings is 1. The minimum atomic E-state index is -0.228. The first kappa shape index (κ1) is 12.1. The van der Waals surface area contributed by atoms with E-state index in [0.29, 0.717) is 18.1 Å². The molecule has 1 aromatic carbocycles. The lowest BCUT2D eigenvalue weighted by Crippen LogP contribution is -2.10. The minimum Gasteiger partial charge on any atom is -0.462 e. The molecule has 15 heavy (non-hydrogen) atoms. The highest BCUT2D eigenvalue weighted by Gasteiger charge is 2.11. The van der Waals surface area contributed by atoms with Crippen LogP contribution in [0.25, 0.3) is 0 Å². The smallest absolute Gasteiger partial charge is 0.339 e. The highest BCUT2D eigenvalue weighted by molar-refractivity contribution is 7.98. The minimum absolute atomic E-state index is 0.228. The molecule has 0 amide bonds. The summed E-state index contributed by atoms with van der Waals surface area (Å²) in [6, 6.07) is 7.50. The maximum absolute atomic E-state index is 11.7. The van der Waals surface area contributed by atoms with Gasteiger partial charge >= 0.3 is 5.97 Å². The number of carbonyl (C=O) groups is 1. The van der Waals surface area contributed by atoms with Gasteiger partial charge in [-0.3, -0.25) is 0 Å². The Kier molecular flexibility index (Phi) is 4.69. The Hall–Kier alpha value is -0.960. The number of carbonyl (C=O) groups excluding carboxylic acids is 1. The fourth-order valence-electron chi connectivity index (χ4n) is 1.13. The van der Waals surface area contributed by atoms with Crippen molar-refractivity contribution in [2.75, 3.05) is 12.9 Å². The lowest BCUT2D eigenvalue weighted by atomic mass is 10.2. The maximum atomic E-state index is 11.7. The van der Waals surface area contributed by atoms with Crippen LogP contribution in [0.5, 0.6) is 0 Å². The molecular weight excluding hydrogens is 208 g/mol. The SMILES string of the molecule is CSc1ccccc1C(=O)OCC(C)C. The molecule has 0 saturated carbocycles. The van der Waals surface area contributed by atoms with Crippen molar-refractivity contribution in [2.45, 2.75) is 18.7 Å². The zero-order valence-corrected chi connectivity index (χ0v) is 10.1. The van der Waals surface area contributed by atoms with Crippen LogP contribution in [0.15, 0.2) is 29.2 Å². The molecule has 0 fully saturated rings. The summed E-state index contributed by atoms with van der Waals surface area (Å²) in [6.07, 6.45) is 1.95. The standard InChI is InChI=1S/C12H16O2S/c1-9(2)8-14-12(13)10-6-4-5-7-11(10)15-3/h4-7,9H,8H2,1-3H3. The molecule has 0 N–H and O–H groups in total. The van der Waals surface area contributed by atoms with E-state index in [2.05, 4.69) is 0 Å². The lowest BCUT2D eigenvalue weighted by Gasteiger charge is -2.09. The van der Waals surface area contributed by atoms with Crippen LogP contribution in [-0.4, -0.2) is 18.8 Å². The van der Waals surface area contributed by atoms with Crippen LogP contribution in [0, 0.1) is 5.92 Å². The molecule has 0 saturated heterocycles. The van der Waals surface area contributed by atoms with E-state index in [-0.39, 0.29) is 5.97 Å². The van der Waals surface area contributed by atoms with Crippen LogP contribution in [0.4, 0.5) is 0 Å². The van der Waals surface area contributed by atoms with Crippen molar-refractivity contribution in [3.8, 4) is 0 Å². The van der Waals surface area contributed by atoms with Crippen molar-refractivity contribution in [3.63, 3.8) is 0 Å². The predicted octanol–water partition coefficient (Wildman–Crippen LogP) is 3.22. The van der Waals surface area contributed by atoms with Crippen molar-refractivity contribution in [3.05, 3.63) is 29.8 Å². The van der Waals surface area contributed by atoms with Gasteiger partial charge in [-0.05, 0) is 24.3 Å². The number of esters is 1. The van der Waals surface area contributed by atoms with Crippen molar-refractivity contribution in [1.29, 1.82) is 0 Å². The molecule has 0 aliphatic rings. The van der Waals surface area contributed by atoms with Gasteiger partial charge in [0.1, 0.15) is 0 Å². The summed E-state index contributed by atoms with van der Waals surface area (Å²) in [5.41, 5.74) is 0.658. The molecule has 1 aromatic rings. The zero-order valence-electron chi connectivity index (χ0n) is 9.32. The van der Waals surface area contributed by atoms with Crippen molar-refractivity contribution >= 4 is 17.7 Å². The summed E-state index contributed by atoms with van der Waals surface area (Å²) in [6.45, 7) is 4.52. The lowest BCUT2D eigenvalue weighted by molar-refractivity contribution is 0.0455. The Morgan fingerprint density at radius 1 is 1.40 bits per heavy atom. The van der Waals surface area contributed by atoms with Gasteiger partial charge in [-0.15, -0.1) is 11.8 Å². The fourth-order valence-corrected chi connectivity index (χ4v) is 1.72. The van der Waals surface area contributed by atoms with Gasteiger partial charge in [0.05, 0.1) is 12.2 Å². The Balaban J connectivity index is 2.72. The van der Waals surface area contributed by atoms with Crippen LogP contribution in [0.1, 0.15) is 24.2 Å². The Morgan fingerprint density at radius 3 is 2.67 bits per heavy atom. The number of hydrogen-bond acceptors (Lipinski definition) is 3. The summed E-state index contributed by atoms with van der Waals surface area (Å²) < 4.78 is 5.18. The molecule has 0 bridgehead atoms. The average molecular weight is 224 g/mol. The number of hydrogen-bond donors (Lipinski definition) is 0. The summed E-state index contributed by atoms with van der Waals surface area (Å²) in [4.78, 5) is 12.7. The largest absolute Gasteiger partial charge is 0.462 e. The third kappa shape index (κ3) is 3.59.